The van der Waals surface area contributed by atoms with Gasteiger partial charge < -0.3 is 0 Å². The highest BCUT2D eigenvalue weighted by atomic mass is 79.9. The zero-order chi connectivity index (χ0) is 12.3. The zero-order valence-corrected chi connectivity index (χ0v) is 11.7. The number of alkyl halides is 1. The number of nitrogens with zero attached hydrogens (tertiary/aromatic N) is 1. The average molecular weight is 290 g/mol. The first-order valence-electron chi connectivity index (χ1n) is 5.78. The van der Waals surface area contributed by atoms with E-state index in [1.165, 1.54) is 16.7 Å². The van der Waals surface area contributed by atoms with Crippen LogP contribution in [0.15, 0.2) is 42.6 Å². The van der Waals surface area contributed by atoms with E-state index in [0.717, 1.165) is 12.1 Å². The molecule has 17 heavy (non-hydrogen) atoms. The van der Waals surface area contributed by atoms with Crippen molar-refractivity contribution >= 4 is 15.9 Å². The van der Waals surface area contributed by atoms with E-state index >= 15 is 0 Å². The first kappa shape index (κ1) is 12.3. The Morgan fingerprint density at radius 2 is 1.82 bits per heavy atom. The van der Waals surface area contributed by atoms with Crippen LogP contribution in [0.25, 0.3) is 0 Å². The smallest absolute Gasteiger partial charge is 0.0450 e. The molecular weight excluding hydrogens is 274 g/mol. The third kappa shape index (κ3) is 3.16. The SMILES string of the molecule is Cc1ccc(C(Br)Cc2ncccc2C)cc1. The lowest BCUT2D eigenvalue weighted by Crippen LogP contribution is -2.00. The molecule has 1 heterocycles. The molecule has 2 heteroatoms. The maximum Gasteiger partial charge on any atom is 0.0450 e. The second-order valence-corrected chi connectivity index (χ2v) is 5.45. The number of rotatable bonds is 3. The molecule has 1 unspecified atom stereocenters. The number of hydrogen-bond donors (Lipinski definition) is 0. The van der Waals surface area contributed by atoms with Crippen LogP contribution in [0.2, 0.25) is 0 Å². The summed E-state index contributed by atoms with van der Waals surface area (Å²) in [5, 5.41) is 0. The van der Waals surface area contributed by atoms with E-state index in [1.54, 1.807) is 0 Å². The van der Waals surface area contributed by atoms with Gasteiger partial charge >= 0.3 is 0 Å². The topological polar surface area (TPSA) is 12.9 Å². The van der Waals surface area contributed by atoms with E-state index in [9.17, 15) is 0 Å². The fourth-order valence-electron chi connectivity index (χ4n) is 1.79. The van der Waals surface area contributed by atoms with E-state index in [2.05, 4.69) is 65.1 Å². The maximum absolute atomic E-state index is 4.43. The molecule has 1 nitrogen and oxygen atoms in total. The van der Waals surface area contributed by atoms with Crippen LogP contribution >= 0.6 is 15.9 Å². The predicted molar refractivity (Wildman–Crippen MR) is 75.5 cm³/mol. The first-order chi connectivity index (χ1) is 8.16. The van der Waals surface area contributed by atoms with Crippen LogP contribution < -0.4 is 0 Å². The Morgan fingerprint density at radius 1 is 1.12 bits per heavy atom. The second kappa shape index (κ2) is 5.46. The van der Waals surface area contributed by atoms with Gasteiger partial charge in [-0.3, -0.25) is 4.98 Å². The van der Waals surface area contributed by atoms with Gasteiger partial charge in [0, 0.05) is 23.1 Å². The lowest BCUT2D eigenvalue weighted by Gasteiger charge is -2.11. The van der Waals surface area contributed by atoms with Crippen molar-refractivity contribution in [3.63, 3.8) is 0 Å². The van der Waals surface area contributed by atoms with Crippen molar-refractivity contribution in [1.29, 1.82) is 0 Å². The summed E-state index contributed by atoms with van der Waals surface area (Å²) in [7, 11) is 0. The maximum atomic E-state index is 4.43. The molecule has 0 saturated carbocycles. The highest BCUT2D eigenvalue weighted by Gasteiger charge is 2.10. The summed E-state index contributed by atoms with van der Waals surface area (Å²) in [6.45, 7) is 4.22. The second-order valence-electron chi connectivity index (χ2n) is 4.35. The summed E-state index contributed by atoms with van der Waals surface area (Å²) >= 11 is 3.74. The van der Waals surface area contributed by atoms with Crippen molar-refractivity contribution in [3.8, 4) is 0 Å². The molecule has 0 fully saturated rings. The first-order valence-corrected chi connectivity index (χ1v) is 6.69. The number of benzene rings is 1. The van der Waals surface area contributed by atoms with Crippen molar-refractivity contribution in [3.05, 3.63) is 65.0 Å². The van der Waals surface area contributed by atoms with Crippen LogP contribution in [0.3, 0.4) is 0 Å². The van der Waals surface area contributed by atoms with Gasteiger partial charge in [-0.15, -0.1) is 0 Å². The Labute approximate surface area is 111 Å². The molecule has 1 atom stereocenters. The molecule has 0 N–H and O–H groups in total. The standard InChI is InChI=1S/C15H16BrN/c1-11-5-7-13(8-6-11)14(16)10-15-12(2)4-3-9-17-15/h3-9,14H,10H2,1-2H3. The van der Waals surface area contributed by atoms with Crippen LogP contribution in [0, 0.1) is 13.8 Å². The minimum Gasteiger partial charge on any atom is -0.261 e. The van der Waals surface area contributed by atoms with Crippen molar-refractivity contribution in [1.82, 2.24) is 4.98 Å². The average Bonchev–Trinajstić information content (AvgIpc) is 2.33. The fourth-order valence-corrected chi connectivity index (χ4v) is 2.41. The van der Waals surface area contributed by atoms with E-state index < -0.39 is 0 Å². The Bertz CT molecular complexity index is 491. The van der Waals surface area contributed by atoms with E-state index in [4.69, 9.17) is 0 Å². The van der Waals surface area contributed by atoms with E-state index in [-0.39, 0.29) is 0 Å². The highest BCUT2D eigenvalue weighted by Crippen LogP contribution is 2.27. The molecule has 1 aromatic heterocycles. The summed E-state index contributed by atoms with van der Waals surface area (Å²) in [5.41, 5.74) is 5.02. The molecule has 0 radical (unpaired) electrons. The van der Waals surface area contributed by atoms with Crippen LogP contribution in [-0.4, -0.2) is 4.98 Å². The summed E-state index contributed by atoms with van der Waals surface area (Å²) in [6.07, 6.45) is 2.78. The lowest BCUT2D eigenvalue weighted by atomic mass is 10.0. The number of aromatic nitrogens is 1. The monoisotopic (exact) mass is 289 g/mol. The van der Waals surface area contributed by atoms with Gasteiger partial charge in [0.25, 0.3) is 0 Å². The van der Waals surface area contributed by atoms with Gasteiger partial charge in [0.2, 0.25) is 0 Å². The third-order valence-electron chi connectivity index (χ3n) is 2.93. The quantitative estimate of drug-likeness (QED) is 0.765. The summed E-state index contributed by atoms with van der Waals surface area (Å²) in [5.74, 6) is 0. The minimum absolute atomic E-state index is 0.330. The molecule has 0 bridgehead atoms. The van der Waals surface area contributed by atoms with Crippen LogP contribution in [0.4, 0.5) is 0 Å². The van der Waals surface area contributed by atoms with Crippen molar-refractivity contribution < 1.29 is 0 Å². The molecule has 1 aromatic carbocycles. The molecule has 2 aromatic rings. The summed E-state index contributed by atoms with van der Waals surface area (Å²) in [4.78, 5) is 4.76. The molecule has 0 amide bonds. The van der Waals surface area contributed by atoms with Gasteiger partial charge in [0.15, 0.2) is 0 Å². The van der Waals surface area contributed by atoms with Crippen molar-refractivity contribution in [2.75, 3.05) is 0 Å². The molecule has 0 saturated heterocycles. The van der Waals surface area contributed by atoms with Gasteiger partial charge in [-0.2, -0.15) is 0 Å². The van der Waals surface area contributed by atoms with Crippen LogP contribution in [0.1, 0.15) is 27.2 Å². The number of hydrogen-bond acceptors (Lipinski definition) is 1. The molecule has 0 aliphatic rings. The van der Waals surface area contributed by atoms with Gasteiger partial charge in [0.1, 0.15) is 0 Å². The molecule has 88 valence electrons. The van der Waals surface area contributed by atoms with Gasteiger partial charge in [0.05, 0.1) is 0 Å². The van der Waals surface area contributed by atoms with Gasteiger partial charge in [-0.25, -0.2) is 0 Å². The van der Waals surface area contributed by atoms with Crippen LogP contribution in [0.5, 0.6) is 0 Å². The summed E-state index contributed by atoms with van der Waals surface area (Å²) in [6, 6.07) is 12.7. The molecule has 0 spiro atoms. The number of halogens is 1. The van der Waals surface area contributed by atoms with Gasteiger partial charge in [-0.05, 0) is 31.0 Å². The Hall–Kier alpha value is -1.15. The fraction of sp³-hybridized carbons (Fsp3) is 0.267. The van der Waals surface area contributed by atoms with Crippen molar-refractivity contribution in [2.24, 2.45) is 0 Å². The minimum atomic E-state index is 0.330. The van der Waals surface area contributed by atoms with E-state index in [0.29, 0.717) is 4.83 Å². The number of aryl methyl sites for hydroxylation is 2. The van der Waals surface area contributed by atoms with Crippen LogP contribution in [-0.2, 0) is 6.42 Å². The Balaban J connectivity index is 2.14. The number of pyridine rings is 1. The normalized spacial score (nSPS) is 12.4. The van der Waals surface area contributed by atoms with Crippen molar-refractivity contribution in [2.45, 2.75) is 25.1 Å². The zero-order valence-electron chi connectivity index (χ0n) is 10.2. The third-order valence-corrected chi connectivity index (χ3v) is 3.78. The molecule has 0 aliphatic carbocycles. The summed E-state index contributed by atoms with van der Waals surface area (Å²) < 4.78 is 0. The molecule has 0 aliphatic heterocycles. The van der Waals surface area contributed by atoms with E-state index in [1.807, 2.05) is 12.3 Å². The molecule has 2 rings (SSSR count). The largest absolute Gasteiger partial charge is 0.261 e. The van der Waals surface area contributed by atoms with Gasteiger partial charge in [-0.1, -0.05) is 51.8 Å². The Morgan fingerprint density at radius 3 is 2.47 bits per heavy atom. The predicted octanol–water partition coefficient (Wildman–Crippen LogP) is 4.38. The lowest BCUT2D eigenvalue weighted by molar-refractivity contribution is 0.891. The highest BCUT2D eigenvalue weighted by molar-refractivity contribution is 9.09. The Kier molecular flexibility index (Phi) is 3.95. The molecular formula is C15H16BrN.